The zero-order chi connectivity index (χ0) is 13.2. The van der Waals surface area contributed by atoms with E-state index in [1.54, 1.807) is 11.3 Å². The van der Waals surface area contributed by atoms with Crippen molar-refractivity contribution in [2.75, 3.05) is 26.2 Å². The summed E-state index contributed by atoms with van der Waals surface area (Å²) in [5.74, 6) is 0. The first kappa shape index (κ1) is 12.9. The predicted octanol–water partition coefficient (Wildman–Crippen LogP) is 1.44. The van der Waals surface area contributed by atoms with Crippen molar-refractivity contribution in [2.24, 2.45) is 0 Å². The number of thiazole rings is 1. The zero-order valence-electron chi connectivity index (χ0n) is 11.3. The topological polar surface area (TPSA) is 48.5 Å². The fourth-order valence-electron chi connectivity index (χ4n) is 2.31. The summed E-state index contributed by atoms with van der Waals surface area (Å²) < 4.78 is 0. The number of aromatic nitrogens is 1. The maximum absolute atomic E-state index is 11.9. The largest absolute Gasteiger partial charge is 0.335 e. The molecule has 2 heterocycles. The minimum Gasteiger partial charge on any atom is -0.335 e. The van der Waals surface area contributed by atoms with Crippen molar-refractivity contribution in [1.29, 1.82) is 0 Å². The van der Waals surface area contributed by atoms with Crippen LogP contribution >= 0.6 is 11.3 Å². The Balaban J connectivity index is 1.44. The number of piperazine rings is 1. The van der Waals surface area contributed by atoms with Gasteiger partial charge in [0.2, 0.25) is 0 Å². The van der Waals surface area contributed by atoms with E-state index in [1.807, 2.05) is 11.8 Å². The highest BCUT2D eigenvalue weighted by atomic mass is 32.1. The van der Waals surface area contributed by atoms with Crippen molar-refractivity contribution in [1.82, 2.24) is 20.1 Å². The van der Waals surface area contributed by atoms with Gasteiger partial charge in [-0.05, 0) is 19.8 Å². The van der Waals surface area contributed by atoms with E-state index >= 15 is 0 Å². The average molecular weight is 280 g/mol. The summed E-state index contributed by atoms with van der Waals surface area (Å²) in [4.78, 5) is 20.7. The Morgan fingerprint density at radius 3 is 2.74 bits per heavy atom. The molecule has 19 heavy (non-hydrogen) atoms. The fraction of sp³-hybridized carbons (Fsp3) is 0.692. The standard InChI is InChI=1S/C13H20N4OS/c1-10-14-12(9-19-10)8-16-4-6-17(7-5-16)13(18)15-11-2-3-11/h9,11H,2-8H2,1H3,(H,15,18). The third-order valence-electron chi connectivity index (χ3n) is 3.62. The molecule has 1 aliphatic carbocycles. The van der Waals surface area contributed by atoms with Gasteiger partial charge in [-0.1, -0.05) is 0 Å². The SMILES string of the molecule is Cc1nc(CN2CCN(C(=O)NC3CC3)CC2)cs1. The number of hydrogen-bond donors (Lipinski definition) is 1. The van der Waals surface area contributed by atoms with Crippen LogP contribution < -0.4 is 5.32 Å². The maximum atomic E-state index is 11.9. The lowest BCUT2D eigenvalue weighted by molar-refractivity contribution is 0.134. The second-order valence-electron chi connectivity index (χ2n) is 5.34. The highest BCUT2D eigenvalue weighted by Crippen LogP contribution is 2.19. The molecule has 0 radical (unpaired) electrons. The summed E-state index contributed by atoms with van der Waals surface area (Å²) in [7, 11) is 0. The molecule has 1 aliphatic heterocycles. The zero-order valence-corrected chi connectivity index (χ0v) is 12.1. The van der Waals surface area contributed by atoms with E-state index in [1.165, 1.54) is 0 Å². The third kappa shape index (κ3) is 3.45. The van der Waals surface area contributed by atoms with Crippen molar-refractivity contribution in [3.63, 3.8) is 0 Å². The van der Waals surface area contributed by atoms with Crippen molar-refractivity contribution in [3.05, 3.63) is 16.1 Å². The molecule has 0 bridgehead atoms. The summed E-state index contributed by atoms with van der Waals surface area (Å²) in [6.45, 7) is 6.46. The van der Waals surface area contributed by atoms with Crippen molar-refractivity contribution in [2.45, 2.75) is 32.4 Å². The number of carbonyl (C=O) groups is 1. The molecule has 3 rings (SSSR count). The fourth-order valence-corrected chi connectivity index (χ4v) is 2.92. The number of nitrogens with one attached hydrogen (secondary N) is 1. The van der Waals surface area contributed by atoms with Crippen LogP contribution in [0.15, 0.2) is 5.38 Å². The van der Waals surface area contributed by atoms with Crippen LogP contribution in [0.5, 0.6) is 0 Å². The van der Waals surface area contributed by atoms with Gasteiger partial charge in [0.25, 0.3) is 0 Å². The molecule has 0 aromatic carbocycles. The summed E-state index contributed by atoms with van der Waals surface area (Å²) in [6, 6.07) is 0.565. The predicted molar refractivity (Wildman–Crippen MR) is 75.3 cm³/mol. The summed E-state index contributed by atoms with van der Waals surface area (Å²) in [5.41, 5.74) is 1.15. The van der Waals surface area contributed by atoms with Crippen LogP contribution in [-0.2, 0) is 6.54 Å². The molecule has 1 aromatic rings. The second-order valence-corrected chi connectivity index (χ2v) is 6.41. The number of aryl methyl sites for hydroxylation is 1. The van der Waals surface area contributed by atoms with Crippen LogP contribution in [-0.4, -0.2) is 53.0 Å². The first-order chi connectivity index (χ1) is 9.20. The van der Waals surface area contributed by atoms with Gasteiger partial charge in [0.15, 0.2) is 0 Å². The van der Waals surface area contributed by atoms with Crippen LogP contribution in [0, 0.1) is 6.92 Å². The molecule has 2 aliphatic rings. The van der Waals surface area contributed by atoms with Gasteiger partial charge >= 0.3 is 6.03 Å². The van der Waals surface area contributed by atoms with E-state index in [0.717, 1.165) is 56.3 Å². The highest BCUT2D eigenvalue weighted by Gasteiger charge is 2.27. The van der Waals surface area contributed by atoms with Gasteiger partial charge in [0, 0.05) is 44.1 Å². The first-order valence-corrected chi connectivity index (χ1v) is 7.77. The van der Waals surface area contributed by atoms with E-state index in [2.05, 4.69) is 20.6 Å². The molecule has 1 saturated carbocycles. The van der Waals surface area contributed by atoms with Crippen LogP contribution in [0.4, 0.5) is 4.79 Å². The Morgan fingerprint density at radius 1 is 1.42 bits per heavy atom. The molecule has 0 atom stereocenters. The summed E-state index contributed by atoms with van der Waals surface area (Å²) in [6.07, 6.45) is 2.30. The van der Waals surface area contributed by atoms with Crippen LogP contribution in [0.2, 0.25) is 0 Å². The lowest BCUT2D eigenvalue weighted by Crippen LogP contribution is -2.51. The summed E-state index contributed by atoms with van der Waals surface area (Å²) in [5, 5.41) is 6.30. The van der Waals surface area contributed by atoms with Crippen LogP contribution in [0.3, 0.4) is 0 Å². The van der Waals surface area contributed by atoms with Gasteiger partial charge < -0.3 is 10.2 Å². The number of hydrogen-bond acceptors (Lipinski definition) is 4. The maximum Gasteiger partial charge on any atom is 0.317 e. The number of urea groups is 1. The highest BCUT2D eigenvalue weighted by molar-refractivity contribution is 7.09. The lowest BCUT2D eigenvalue weighted by Gasteiger charge is -2.34. The Labute approximate surface area is 117 Å². The van der Waals surface area contributed by atoms with Gasteiger partial charge in [0.1, 0.15) is 0 Å². The van der Waals surface area contributed by atoms with E-state index in [9.17, 15) is 4.79 Å². The minimum atomic E-state index is 0.117. The molecule has 2 fully saturated rings. The molecule has 5 nitrogen and oxygen atoms in total. The van der Waals surface area contributed by atoms with Crippen molar-refractivity contribution >= 4 is 17.4 Å². The molecular weight excluding hydrogens is 260 g/mol. The van der Waals surface area contributed by atoms with E-state index in [0.29, 0.717) is 6.04 Å². The minimum absolute atomic E-state index is 0.117. The number of amides is 2. The van der Waals surface area contributed by atoms with Crippen LogP contribution in [0.25, 0.3) is 0 Å². The second kappa shape index (κ2) is 5.46. The Bertz CT molecular complexity index is 449. The molecular formula is C13H20N4OS. The lowest BCUT2D eigenvalue weighted by atomic mass is 10.3. The smallest absolute Gasteiger partial charge is 0.317 e. The third-order valence-corrected chi connectivity index (χ3v) is 4.44. The number of rotatable bonds is 3. The number of carbonyl (C=O) groups excluding carboxylic acids is 1. The monoisotopic (exact) mass is 280 g/mol. The normalized spacial score (nSPS) is 20.6. The summed E-state index contributed by atoms with van der Waals surface area (Å²) >= 11 is 1.70. The van der Waals surface area contributed by atoms with E-state index in [-0.39, 0.29) is 6.03 Å². The molecule has 1 aromatic heterocycles. The van der Waals surface area contributed by atoms with E-state index < -0.39 is 0 Å². The molecule has 1 N–H and O–H groups in total. The van der Waals surface area contributed by atoms with Gasteiger partial charge in [-0.2, -0.15) is 0 Å². The Morgan fingerprint density at radius 2 is 2.16 bits per heavy atom. The van der Waals surface area contributed by atoms with E-state index in [4.69, 9.17) is 0 Å². The Kier molecular flexibility index (Phi) is 3.70. The first-order valence-electron chi connectivity index (χ1n) is 6.89. The molecule has 6 heteroatoms. The number of nitrogens with zero attached hydrogens (tertiary/aromatic N) is 3. The van der Waals surface area contributed by atoms with Crippen molar-refractivity contribution < 1.29 is 4.79 Å². The van der Waals surface area contributed by atoms with Gasteiger partial charge in [-0.15, -0.1) is 11.3 Å². The molecule has 0 spiro atoms. The molecule has 2 amide bonds. The average Bonchev–Trinajstić information content (AvgIpc) is 3.12. The quantitative estimate of drug-likeness (QED) is 0.911. The molecule has 1 saturated heterocycles. The molecule has 104 valence electrons. The van der Waals surface area contributed by atoms with Crippen molar-refractivity contribution in [3.8, 4) is 0 Å². The van der Waals surface area contributed by atoms with Gasteiger partial charge in [0.05, 0.1) is 10.7 Å². The molecule has 0 unspecified atom stereocenters. The van der Waals surface area contributed by atoms with Crippen LogP contribution in [0.1, 0.15) is 23.5 Å². The van der Waals surface area contributed by atoms with Gasteiger partial charge in [-0.3, -0.25) is 4.90 Å². The van der Waals surface area contributed by atoms with Gasteiger partial charge in [-0.25, -0.2) is 9.78 Å². The Hall–Kier alpha value is -1.14.